The molecule has 7 heteroatoms. The van der Waals surface area contributed by atoms with Crippen LogP contribution in [-0.2, 0) is 19.5 Å². The molecule has 0 aliphatic carbocycles. The fourth-order valence-corrected chi connectivity index (χ4v) is 3.38. The maximum atomic E-state index is 12.2. The second-order valence-corrected chi connectivity index (χ2v) is 6.95. The largest absolute Gasteiger partial charge is 0.462 e. The molecule has 2 rings (SSSR count). The molecule has 0 amide bonds. The first-order chi connectivity index (χ1) is 10.5. The van der Waals surface area contributed by atoms with Crippen LogP contribution in [0.25, 0.3) is 0 Å². The molecule has 1 heterocycles. The average Bonchev–Trinajstić information content (AvgIpc) is 2.54. The minimum Gasteiger partial charge on any atom is -0.462 e. The number of benzene rings is 1. The van der Waals surface area contributed by atoms with Crippen molar-refractivity contribution in [3.8, 4) is 0 Å². The smallest absolute Gasteiger partial charge is 0.338 e. The summed E-state index contributed by atoms with van der Waals surface area (Å²) in [5.74, 6) is -0.249. The number of hydrogen-bond acceptors (Lipinski definition) is 5. The average molecular weight is 327 g/mol. The van der Waals surface area contributed by atoms with Gasteiger partial charge in [-0.15, -0.1) is 0 Å². The third-order valence-electron chi connectivity index (χ3n) is 3.49. The first kappa shape index (κ1) is 16.9. The Morgan fingerprint density at radius 3 is 2.68 bits per heavy atom. The summed E-state index contributed by atoms with van der Waals surface area (Å²) in [5, 5.41) is 0. The highest BCUT2D eigenvalue weighted by molar-refractivity contribution is 7.89. The van der Waals surface area contributed by atoms with Gasteiger partial charge in [0.25, 0.3) is 0 Å². The molecule has 0 saturated carbocycles. The van der Waals surface area contributed by atoms with E-state index in [1.807, 2.05) is 0 Å². The van der Waals surface area contributed by atoms with Gasteiger partial charge >= 0.3 is 5.97 Å². The van der Waals surface area contributed by atoms with E-state index in [1.54, 1.807) is 6.92 Å². The first-order valence-electron chi connectivity index (χ1n) is 7.37. The second kappa shape index (κ2) is 7.71. The number of carbonyl (C=O) groups is 1. The van der Waals surface area contributed by atoms with E-state index < -0.39 is 16.0 Å². The van der Waals surface area contributed by atoms with Crippen LogP contribution in [0.15, 0.2) is 29.2 Å². The van der Waals surface area contributed by atoms with E-state index in [0.717, 1.165) is 19.4 Å². The topological polar surface area (TPSA) is 81.7 Å². The van der Waals surface area contributed by atoms with Crippen molar-refractivity contribution < 1.29 is 22.7 Å². The molecule has 122 valence electrons. The maximum Gasteiger partial charge on any atom is 0.338 e. The van der Waals surface area contributed by atoms with Gasteiger partial charge in [-0.1, -0.05) is 0 Å². The molecule has 1 aromatic rings. The summed E-state index contributed by atoms with van der Waals surface area (Å²) in [5.41, 5.74) is 0.335. The molecule has 1 aliphatic heterocycles. The van der Waals surface area contributed by atoms with Gasteiger partial charge < -0.3 is 9.47 Å². The third kappa shape index (κ3) is 4.53. The molecular formula is C15H21NO5S. The van der Waals surface area contributed by atoms with Crippen LogP contribution in [-0.4, -0.2) is 40.8 Å². The lowest BCUT2D eigenvalue weighted by molar-refractivity contribution is 0.0526. The number of sulfonamides is 1. The lowest BCUT2D eigenvalue weighted by Crippen LogP contribution is -2.33. The molecular weight excluding hydrogens is 306 g/mol. The quantitative estimate of drug-likeness (QED) is 0.802. The van der Waals surface area contributed by atoms with Crippen molar-refractivity contribution in [2.24, 2.45) is 5.92 Å². The molecule has 1 aromatic carbocycles. The number of hydrogen-bond donors (Lipinski definition) is 1. The van der Waals surface area contributed by atoms with Crippen molar-refractivity contribution in [3.05, 3.63) is 29.8 Å². The number of carbonyl (C=O) groups excluding carboxylic acids is 1. The molecule has 1 aliphatic rings. The Morgan fingerprint density at radius 2 is 2.09 bits per heavy atom. The number of esters is 1. The molecule has 0 aromatic heterocycles. The minimum atomic E-state index is -3.57. The van der Waals surface area contributed by atoms with Gasteiger partial charge in [0.15, 0.2) is 0 Å². The summed E-state index contributed by atoms with van der Waals surface area (Å²) in [6.07, 6.45) is 1.92. The molecule has 0 spiro atoms. The molecule has 0 bridgehead atoms. The van der Waals surface area contributed by atoms with Crippen molar-refractivity contribution in [1.29, 1.82) is 0 Å². The SMILES string of the molecule is CCOC(=O)c1ccc(S(=O)(=O)NC[C@H]2CCCOC2)cc1. The predicted octanol–water partition coefficient (Wildman–Crippen LogP) is 1.57. The zero-order valence-corrected chi connectivity index (χ0v) is 13.4. The van der Waals surface area contributed by atoms with E-state index >= 15 is 0 Å². The Bertz CT molecular complexity index is 591. The van der Waals surface area contributed by atoms with Crippen molar-refractivity contribution in [3.63, 3.8) is 0 Å². The molecule has 1 atom stereocenters. The number of rotatable bonds is 6. The van der Waals surface area contributed by atoms with E-state index in [0.29, 0.717) is 18.7 Å². The first-order valence-corrected chi connectivity index (χ1v) is 8.86. The summed E-state index contributed by atoms with van der Waals surface area (Å²) in [6.45, 7) is 3.70. The van der Waals surface area contributed by atoms with Crippen LogP contribution >= 0.6 is 0 Å². The van der Waals surface area contributed by atoms with Gasteiger partial charge in [0.2, 0.25) is 10.0 Å². The molecule has 6 nitrogen and oxygen atoms in total. The maximum absolute atomic E-state index is 12.2. The van der Waals surface area contributed by atoms with Gasteiger partial charge in [-0.05, 0) is 49.9 Å². The Morgan fingerprint density at radius 1 is 1.36 bits per heavy atom. The van der Waals surface area contributed by atoms with Gasteiger partial charge in [0.1, 0.15) is 0 Å². The summed E-state index contributed by atoms with van der Waals surface area (Å²) >= 11 is 0. The minimum absolute atomic E-state index is 0.136. The summed E-state index contributed by atoms with van der Waals surface area (Å²) in [7, 11) is -3.57. The molecule has 1 fully saturated rings. The van der Waals surface area contributed by atoms with E-state index in [-0.39, 0.29) is 17.4 Å². The summed E-state index contributed by atoms with van der Waals surface area (Å²) in [6, 6.07) is 5.73. The summed E-state index contributed by atoms with van der Waals surface area (Å²) < 4.78 is 37.2. The number of ether oxygens (including phenoxy) is 2. The highest BCUT2D eigenvalue weighted by atomic mass is 32.2. The third-order valence-corrected chi connectivity index (χ3v) is 4.93. The fourth-order valence-electron chi connectivity index (χ4n) is 2.26. The van der Waals surface area contributed by atoms with E-state index in [9.17, 15) is 13.2 Å². The normalized spacial score (nSPS) is 18.9. The van der Waals surface area contributed by atoms with Crippen LogP contribution in [0, 0.1) is 5.92 Å². The monoisotopic (exact) mass is 327 g/mol. The Kier molecular flexibility index (Phi) is 5.93. The zero-order valence-electron chi connectivity index (χ0n) is 12.6. The molecule has 1 saturated heterocycles. The van der Waals surface area contributed by atoms with Crippen molar-refractivity contribution in [2.75, 3.05) is 26.4 Å². The molecule has 0 radical (unpaired) electrons. The van der Waals surface area contributed by atoms with Crippen molar-refractivity contribution in [2.45, 2.75) is 24.7 Å². The van der Waals surface area contributed by atoms with E-state index in [4.69, 9.17) is 9.47 Å². The van der Waals surface area contributed by atoms with Crippen molar-refractivity contribution >= 4 is 16.0 Å². The Balaban J connectivity index is 1.98. The number of nitrogens with one attached hydrogen (secondary N) is 1. The van der Waals surface area contributed by atoms with Gasteiger partial charge in [0.05, 0.1) is 23.7 Å². The Hall–Kier alpha value is -1.44. The van der Waals surface area contributed by atoms with Crippen LogP contribution in [0.2, 0.25) is 0 Å². The molecule has 0 unspecified atom stereocenters. The van der Waals surface area contributed by atoms with Gasteiger partial charge in [-0.25, -0.2) is 17.9 Å². The van der Waals surface area contributed by atoms with Crippen LogP contribution in [0.3, 0.4) is 0 Å². The van der Waals surface area contributed by atoms with Crippen LogP contribution in [0.4, 0.5) is 0 Å². The molecule has 22 heavy (non-hydrogen) atoms. The predicted molar refractivity (Wildman–Crippen MR) is 81.1 cm³/mol. The van der Waals surface area contributed by atoms with Gasteiger partial charge in [0, 0.05) is 13.2 Å². The van der Waals surface area contributed by atoms with Gasteiger partial charge in [-0.3, -0.25) is 0 Å². The van der Waals surface area contributed by atoms with Gasteiger partial charge in [-0.2, -0.15) is 0 Å². The Labute approximate surface area is 130 Å². The highest BCUT2D eigenvalue weighted by Gasteiger charge is 2.19. The van der Waals surface area contributed by atoms with E-state index in [1.165, 1.54) is 24.3 Å². The van der Waals surface area contributed by atoms with Crippen molar-refractivity contribution in [1.82, 2.24) is 4.72 Å². The second-order valence-electron chi connectivity index (χ2n) is 5.18. The van der Waals surface area contributed by atoms with Crippen LogP contribution in [0.1, 0.15) is 30.1 Å². The van der Waals surface area contributed by atoms with Crippen LogP contribution < -0.4 is 4.72 Å². The lowest BCUT2D eigenvalue weighted by Gasteiger charge is -2.22. The molecule has 1 N–H and O–H groups in total. The standard InChI is InChI=1S/C15H21NO5S/c1-2-21-15(17)13-5-7-14(8-6-13)22(18,19)16-10-12-4-3-9-20-11-12/h5-8,12,16H,2-4,9-11H2,1H3/t12-/m1/s1. The highest BCUT2D eigenvalue weighted by Crippen LogP contribution is 2.15. The lowest BCUT2D eigenvalue weighted by atomic mass is 10.0. The zero-order chi connectivity index (χ0) is 16.0. The van der Waals surface area contributed by atoms with E-state index in [2.05, 4.69) is 4.72 Å². The summed E-state index contributed by atoms with van der Waals surface area (Å²) in [4.78, 5) is 11.7. The fraction of sp³-hybridized carbons (Fsp3) is 0.533. The van der Waals surface area contributed by atoms with Crippen LogP contribution in [0.5, 0.6) is 0 Å².